The van der Waals surface area contributed by atoms with E-state index >= 15 is 0 Å². The maximum atomic E-state index is 12.8. The minimum Gasteiger partial charge on any atom is -0.447 e. The van der Waals surface area contributed by atoms with E-state index in [1.807, 2.05) is 67.6 Å². The summed E-state index contributed by atoms with van der Waals surface area (Å²) in [6, 6.07) is 25.8. The number of hydrogen-bond donors (Lipinski definition) is 1. The molecule has 3 aromatic rings. The third kappa shape index (κ3) is 5.28. The summed E-state index contributed by atoms with van der Waals surface area (Å²) in [6.45, 7) is 1.99. The minimum absolute atomic E-state index is 0.113. The molecule has 0 bridgehead atoms. The molecule has 0 radical (unpaired) electrons. The molecular formula is C23H21NO3. The number of hydrogen-bond acceptors (Lipinski definition) is 3. The summed E-state index contributed by atoms with van der Waals surface area (Å²) in [5, 5.41) is 2.80. The molecular weight excluding hydrogens is 338 g/mol. The van der Waals surface area contributed by atoms with Crippen LogP contribution >= 0.6 is 0 Å². The van der Waals surface area contributed by atoms with E-state index in [2.05, 4.69) is 5.32 Å². The number of rotatable bonds is 6. The quantitative estimate of drug-likeness (QED) is 0.661. The second kappa shape index (κ2) is 8.81. The van der Waals surface area contributed by atoms with Gasteiger partial charge in [-0.2, -0.15) is 0 Å². The Balaban J connectivity index is 1.74. The van der Waals surface area contributed by atoms with E-state index in [-0.39, 0.29) is 12.3 Å². The zero-order valence-corrected chi connectivity index (χ0v) is 15.1. The molecule has 0 saturated carbocycles. The lowest BCUT2D eigenvalue weighted by molar-refractivity contribution is -0.154. The Kier molecular flexibility index (Phi) is 6.00. The van der Waals surface area contributed by atoms with E-state index in [1.54, 1.807) is 24.3 Å². The van der Waals surface area contributed by atoms with E-state index in [0.717, 1.165) is 11.1 Å². The van der Waals surface area contributed by atoms with Gasteiger partial charge in [0.05, 0.1) is 6.42 Å². The first-order valence-electron chi connectivity index (χ1n) is 8.78. The van der Waals surface area contributed by atoms with Gasteiger partial charge in [0, 0.05) is 11.3 Å². The minimum atomic E-state index is -1.01. The van der Waals surface area contributed by atoms with Gasteiger partial charge in [-0.05, 0) is 24.6 Å². The number of benzene rings is 3. The number of ether oxygens (including phenoxy) is 1. The van der Waals surface area contributed by atoms with Gasteiger partial charge < -0.3 is 10.1 Å². The van der Waals surface area contributed by atoms with Gasteiger partial charge in [0.2, 0.25) is 6.10 Å². The molecule has 0 fully saturated rings. The largest absolute Gasteiger partial charge is 0.447 e. The molecule has 4 nitrogen and oxygen atoms in total. The first-order chi connectivity index (χ1) is 13.1. The second-order valence-corrected chi connectivity index (χ2v) is 6.30. The van der Waals surface area contributed by atoms with Crippen LogP contribution in [0.1, 0.15) is 22.8 Å². The first-order valence-corrected chi connectivity index (χ1v) is 8.78. The van der Waals surface area contributed by atoms with Crippen molar-refractivity contribution in [3.63, 3.8) is 0 Å². The van der Waals surface area contributed by atoms with Gasteiger partial charge >= 0.3 is 5.97 Å². The van der Waals surface area contributed by atoms with Gasteiger partial charge in [0.1, 0.15) is 0 Å². The van der Waals surface area contributed by atoms with Crippen LogP contribution in [0.5, 0.6) is 0 Å². The fourth-order valence-electron chi connectivity index (χ4n) is 2.68. The molecule has 0 heterocycles. The van der Waals surface area contributed by atoms with Crippen molar-refractivity contribution in [2.45, 2.75) is 19.4 Å². The summed E-state index contributed by atoms with van der Waals surface area (Å²) in [5.74, 6) is -0.833. The third-order valence-electron chi connectivity index (χ3n) is 4.10. The predicted molar refractivity (Wildman–Crippen MR) is 105 cm³/mol. The maximum absolute atomic E-state index is 12.8. The van der Waals surface area contributed by atoms with Crippen molar-refractivity contribution in [2.75, 3.05) is 5.32 Å². The zero-order valence-electron chi connectivity index (χ0n) is 15.1. The number of amides is 1. The molecule has 27 heavy (non-hydrogen) atoms. The normalized spacial score (nSPS) is 11.4. The Bertz CT molecular complexity index is 890. The van der Waals surface area contributed by atoms with E-state index in [1.165, 1.54) is 0 Å². The molecule has 0 aromatic heterocycles. The highest BCUT2D eigenvalue weighted by Crippen LogP contribution is 2.21. The highest BCUT2D eigenvalue weighted by atomic mass is 16.5. The number of anilines is 1. The summed E-state index contributed by atoms with van der Waals surface area (Å²) in [7, 11) is 0. The van der Waals surface area contributed by atoms with E-state index in [0.29, 0.717) is 11.3 Å². The first kappa shape index (κ1) is 18.4. The molecule has 3 rings (SSSR count). The van der Waals surface area contributed by atoms with Gasteiger partial charge in [-0.1, -0.05) is 78.4 Å². The predicted octanol–water partition coefficient (Wildman–Crippen LogP) is 4.46. The number of para-hydroxylation sites is 1. The number of carbonyl (C=O) groups excluding carboxylic acids is 2. The molecule has 1 N–H and O–H groups in total. The average Bonchev–Trinajstić information content (AvgIpc) is 2.69. The van der Waals surface area contributed by atoms with Gasteiger partial charge in [-0.3, -0.25) is 9.59 Å². The molecule has 1 atom stereocenters. The van der Waals surface area contributed by atoms with Crippen LogP contribution in [0.25, 0.3) is 0 Å². The Morgan fingerprint density at radius 3 is 2.07 bits per heavy atom. The topological polar surface area (TPSA) is 55.4 Å². The molecule has 0 aliphatic rings. The third-order valence-corrected chi connectivity index (χ3v) is 4.10. The second-order valence-electron chi connectivity index (χ2n) is 6.30. The van der Waals surface area contributed by atoms with Crippen LogP contribution in [0.15, 0.2) is 84.9 Å². The van der Waals surface area contributed by atoms with Gasteiger partial charge in [-0.15, -0.1) is 0 Å². The van der Waals surface area contributed by atoms with Crippen molar-refractivity contribution in [1.82, 2.24) is 0 Å². The summed E-state index contributed by atoms with van der Waals surface area (Å²) in [4.78, 5) is 25.2. The summed E-state index contributed by atoms with van der Waals surface area (Å²) < 4.78 is 5.55. The average molecular weight is 359 g/mol. The van der Waals surface area contributed by atoms with Crippen molar-refractivity contribution in [3.05, 3.63) is 102 Å². The Morgan fingerprint density at radius 1 is 0.852 bits per heavy atom. The fraction of sp³-hybridized carbons (Fsp3) is 0.130. The van der Waals surface area contributed by atoms with Crippen LogP contribution in [0.2, 0.25) is 0 Å². The van der Waals surface area contributed by atoms with Crippen LogP contribution in [0, 0.1) is 6.92 Å². The van der Waals surface area contributed by atoms with Crippen molar-refractivity contribution >= 4 is 17.6 Å². The number of aryl methyl sites for hydroxylation is 1. The highest BCUT2D eigenvalue weighted by molar-refractivity contribution is 5.96. The van der Waals surface area contributed by atoms with Crippen LogP contribution < -0.4 is 5.32 Å². The molecule has 0 aliphatic carbocycles. The monoisotopic (exact) mass is 359 g/mol. The van der Waals surface area contributed by atoms with E-state index in [9.17, 15) is 9.59 Å². The number of carbonyl (C=O) groups is 2. The maximum Gasteiger partial charge on any atom is 0.311 e. The van der Waals surface area contributed by atoms with Crippen LogP contribution in [0.4, 0.5) is 5.69 Å². The molecule has 3 aromatic carbocycles. The lowest BCUT2D eigenvalue weighted by Gasteiger charge is -2.18. The molecule has 4 heteroatoms. The molecule has 0 aliphatic heterocycles. The van der Waals surface area contributed by atoms with Crippen molar-refractivity contribution in [3.8, 4) is 0 Å². The molecule has 1 amide bonds. The molecule has 0 spiro atoms. The lowest BCUT2D eigenvalue weighted by Crippen LogP contribution is -2.26. The van der Waals surface area contributed by atoms with Crippen LogP contribution in [0.3, 0.4) is 0 Å². The molecule has 0 saturated heterocycles. The summed E-state index contributed by atoms with van der Waals surface area (Å²) in [6.07, 6.45) is -0.897. The van der Waals surface area contributed by atoms with Gasteiger partial charge in [0.25, 0.3) is 5.91 Å². The highest BCUT2D eigenvalue weighted by Gasteiger charge is 2.25. The Hall–Kier alpha value is -3.40. The van der Waals surface area contributed by atoms with Crippen LogP contribution in [-0.2, 0) is 20.7 Å². The van der Waals surface area contributed by atoms with Crippen molar-refractivity contribution in [1.29, 1.82) is 0 Å². The smallest absolute Gasteiger partial charge is 0.311 e. The standard InChI is InChI=1S/C23H21NO3/c1-17-12-14-18(15-13-17)16-21(25)27-22(19-8-4-2-5-9-19)23(26)24-20-10-6-3-7-11-20/h2-15,22H,16H2,1H3,(H,24,26). The Labute approximate surface area is 158 Å². The Morgan fingerprint density at radius 2 is 1.44 bits per heavy atom. The van der Waals surface area contributed by atoms with Gasteiger partial charge in [0.15, 0.2) is 0 Å². The molecule has 136 valence electrons. The molecule has 1 unspecified atom stereocenters. The fourth-order valence-corrected chi connectivity index (χ4v) is 2.68. The van der Waals surface area contributed by atoms with E-state index < -0.39 is 12.1 Å². The van der Waals surface area contributed by atoms with Gasteiger partial charge in [-0.25, -0.2) is 0 Å². The SMILES string of the molecule is Cc1ccc(CC(=O)OC(C(=O)Nc2ccccc2)c2ccccc2)cc1. The summed E-state index contributed by atoms with van der Waals surface area (Å²) >= 11 is 0. The summed E-state index contributed by atoms with van der Waals surface area (Å²) in [5.41, 5.74) is 3.25. The van der Waals surface area contributed by atoms with Crippen molar-refractivity contribution in [2.24, 2.45) is 0 Å². The number of esters is 1. The number of nitrogens with one attached hydrogen (secondary N) is 1. The van der Waals surface area contributed by atoms with Crippen molar-refractivity contribution < 1.29 is 14.3 Å². The lowest BCUT2D eigenvalue weighted by atomic mass is 10.1. The zero-order chi connectivity index (χ0) is 19.1. The van der Waals surface area contributed by atoms with E-state index in [4.69, 9.17) is 4.74 Å². The van der Waals surface area contributed by atoms with Crippen LogP contribution in [-0.4, -0.2) is 11.9 Å².